The Morgan fingerprint density at radius 2 is 2.15 bits per heavy atom. The first kappa shape index (κ1) is 13.1. The summed E-state index contributed by atoms with van der Waals surface area (Å²) in [5, 5.41) is 10.5. The van der Waals surface area contributed by atoms with Crippen molar-refractivity contribution in [1.82, 2.24) is 15.1 Å². The van der Waals surface area contributed by atoms with E-state index in [9.17, 15) is 4.39 Å². The molecule has 4 nitrogen and oxygen atoms in total. The van der Waals surface area contributed by atoms with Crippen LogP contribution in [0.3, 0.4) is 0 Å². The molecule has 1 saturated heterocycles. The van der Waals surface area contributed by atoms with Crippen LogP contribution in [0.2, 0.25) is 0 Å². The van der Waals surface area contributed by atoms with E-state index in [0.717, 1.165) is 37.4 Å². The fourth-order valence-corrected chi connectivity index (χ4v) is 2.71. The maximum atomic E-state index is 12.9. The molecule has 1 aliphatic rings. The quantitative estimate of drug-likeness (QED) is 0.900. The van der Waals surface area contributed by atoms with Gasteiger partial charge in [-0.25, -0.2) is 4.39 Å². The largest absolute Gasteiger partial charge is 0.381 e. The van der Waals surface area contributed by atoms with Crippen LogP contribution in [0.5, 0.6) is 0 Å². The molecular weight excluding hydrogens is 255 g/mol. The fraction of sp³-hybridized carbons (Fsp3) is 0.400. The molecule has 1 atom stereocenters. The summed E-state index contributed by atoms with van der Waals surface area (Å²) in [6.45, 7) is 3.01. The van der Waals surface area contributed by atoms with Gasteiger partial charge in [0.25, 0.3) is 0 Å². The number of benzene rings is 1. The number of H-pyrrole nitrogens is 1. The summed E-state index contributed by atoms with van der Waals surface area (Å²) >= 11 is 0. The average Bonchev–Trinajstić information content (AvgIpc) is 2.95. The number of anilines is 1. The summed E-state index contributed by atoms with van der Waals surface area (Å²) in [4.78, 5) is 2.41. The first-order chi connectivity index (χ1) is 9.79. The highest BCUT2D eigenvalue weighted by Gasteiger charge is 2.20. The minimum absolute atomic E-state index is 0.194. The predicted molar refractivity (Wildman–Crippen MR) is 76.9 cm³/mol. The second-order valence-corrected chi connectivity index (χ2v) is 5.31. The third-order valence-electron chi connectivity index (χ3n) is 3.67. The number of halogens is 1. The summed E-state index contributed by atoms with van der Waals surface area (Å²) in [5.41, 5.74) is 2.13. The van der Waals surface area contributed by atoms with E-state index in [-0.39, 0.29) is 5.82 Å². The van der Waals surface area contributed by atoms with Crippen molar-refractivity contribution in [3.05, 3.63) is 48.0 Å². The van der Waals surface area contributed by atoms with Crippen molar-refractivity contribution in [3.63, 3.8) is 0 Å². The van der Waals surface area contributed by atoms with Crippen molar-refractivity contribution in [2.75, 3.05) is 18.4 Å². The number of nitrogens with zero attached hydrogens (tertiary/aromatic N) is 2. The number of rotatable bonds is 4. The van der Waals surface area contributed by atoms with Gasteiger partial charge in [0.1, 0.15) is 5.82 Å². The Hall–Kier alpha value is -1.88. The minimum Gasteiger partial charge on any atom is -0.381 e. The smallest absolute Gasteiger partial charge is 0.123 e. The van der Waals surface area contributed by atoms with E-state index >= 15 is 0 Å². The molecule has 0 saturated carbocycles. The third kappa shape index (κ3) is 3.36. The van der Waals surface area contributed by atoms with Gasteiger partial charge in [0, 0.05) is 36.7 Å². The monoisotopic (exact) mass is 274 g/mol. The number of aromatic amines is 1. The molecule has 0 amide bonds. The number of hydrogen-bond donors (Lipinski definition) is 2. The van der Waals surface area contributed by atoms with Gasteiger partial charge in [-0.05, 0) is 49.7 Å². The molecule has 2 N–H and O–H groups in total. The Kier molecular flexibility index (Phi) is 3.97. The van der Waals surface area contributed by atoms with E-state index in [2.05, 4.69) is 20.4 Å². The molecule has 2 aromatic rings. The number of piperidine rings is 1. The van der Waals surface area contributed by atoms with Crippen LogP contribution in [0.25, 0.3) is 0 Å². The molecule has 20 heavy (non-hydrogen) atoms. The first-order valence-corrected chi connectivity index (χ1v) is 7.02. The van der Waals surface area contributed by atoms with Crippen molar-refractivity contribution in [3.8, 4) is 0 Å². The lowest BCUT2D eigenvalue weighted by Gasteiger charge is -2.33. The van der Waals surface area contributed by atoms with Crippen molar-refractivity contribution in [1.29, 1.82) is 0 Å². The zero-order valence-corrected chi connectivity index (χ0v) is 11.3. The second-order valence-electron chi connectivity index (χ2n) is 5.31. The molecule has 2 heterocycles. The van der Waals surface area contributed by atoms with Crippen LogP contribution < -0.4 is 5.32 Å². The summed E-state index contributed by atoms with van der Waals surface area (Å²) in [6, 6.07) is 9.00. The van der Waals surface area contributed by atoms with E-state index in [0.29, 0.717) is 6.04 Å². The average molecular weight is 274 g/mol. The predicted octanol–water partition coefficient (Wildman–Crippen LogP) is 2.63. The van der Waals surface area contributed by atoms with Gasteiger partial charge in [-0.1, -0.05) is 0 Å². The van der Waals surface area contributed by atoms with Crippen LogP contribution in [0.4, 0.5) is 10.1 Å². The lowest BCUT2D eigenvalue weighted by atomic mass is 10.1. The molecule has 0 radical (unpaired) electrons. The van der Waals surface area contributed by atoms with Crippen molar-refractivity contribution in [2.24, 2.45) is 0 Å². The van der Waals surface area contributed by atoms with Crippen LogP contribution in [-0.4, -0.2) is 34.2 Å². The van der Waals surface area contributed by atoms with Crippen LogP contribution in [0.1, 0.15) is 18.5 Å². The number of aromatic nitrogens is 2. The van der Waals surface area contributed by atoms with E-state index in [4.69, 9.17) is 0 Å². The van der Waals surface area contributed by atoms with Gasteiger partial charge >= 0.3 is 0 Å². The molecule has 1 aromatic heterocycles. The molecule has 1 aromatic carbocycles. The fourth-order valence-electron chi connectivity index (χ4n) is 2.71. The lowest BCUT2D eigenvalue weighted by Crippen LogP contribution is -2.41. The zero-order valence-electron chi connectivity index (χ0n) is 11.3. The topological polar surface area (TPSA) is 44.0 Å². The number of likely N-dealkylation sites (tertiary alicyclic amines) is 1. The molecule has 3 rings (SSSR count). The third-order valence-corrected chi connectivity index (χ3v) is 3.67. The summed E-state index contributed by atoms with van der Waals surface area (Å²) in [5.74, 6) is -0.194. The Bertz CT molecular complexity index is 523. The highest BCUT2D eigenvalue weighted by Crippen LogP contribution is 2.17. The number of nitrogens with one attached hydrogen (secondary N) is 2. The number of hydrogen-bond acceptors (Lipinski definition) is 3. The van der Waals surface area contributed by atoms with Gasteiger partial charge in [-0.15, -0.1) is 0 Å². The molecule has 106 valence electrons. The van der Waals surface area contributed by atoms with E-state index in [1.165, 1.54) is 18.6 Å². The van der Waals surface area contributed by atoms with E-state index in [1.807, 2.05) is 6.07 Å². The maximum Gasteiger partial charge on any atom is 0.123 e. The van der Waals surface area contributed by atoms with Crippen molar-refractivity contribution >= 4 is 5.69 Å². The molecule has 5 heteroatoms. The Morgan fingerprint density at radius 1 is 1.30 bits per heavy atom. The van der Waals surface area contributed by atoms with Crippen LogP contribution in [0, 0.1) is 5.82 Å². The molecule has 1 fully saturated rings. The zero-order chi connectivity index (χ0) is 13.8. The van der Waals surface area contributed by atoms with Gasteiger partial charge < -0.3 is 5.32 Å². The summed E-state index contributed by atoms with van der Waals surface area (Å²) in [7, 11) is 0. The highest BCUT2D eigenvalue weighted by atomic mass is 19.1. The molecule has 1 unspecified atom stereocenters. The van der Waals surface area contributed by atoms with Crippen LogP contribution >= 0.6 is 0 Å². The minimum atomic E-state index is -0.194. The van der Waals surface area contributed by atoms with E-state index in [1.54, 1.807) is 18.3 Å². The molecule has 0 spiro atoms. The highest BCUT2D eigenvalue weighted by molar-refractivity contribution is 5.43. The summed E-state index contributed by atoms with van der Waals surface area (Å²) in [6.07, 6.45) is 4.11. The maximum absolute atomic E-state index is 12.9. The standard InChI is InChI=1S/C15H19FN4/c16-12-3-5-13(6-4-12)18-14-2-1-9-20(10-14)11-15-7-8-17-19-15/h3-8,14,18H,1-2,9-11H2,(H,17,19). The normalized spacial score (nSPS) is 19.9. The van der Waals surface area contributed by atoms with Crippen molar-refractivity contribution < 1.29 is 4.39 Å². The Balaban J connectivity index is 1.56. The Morgan fingerprint density at radius 3 is 2.90 bits per heavy atom. The SMILES string of the molecule is Fc1ccc(NC2CCCN(Cc3ccn[nH]3)C2)cc1. The molecule has 0 bridgehead atoms. The van der Waals surface area contributed by atoms with Crippen LogP contribution in [0.15, 0.2) is 36.5 Å². The van der Waals surface area contributed by atoms with Gasteiger partial charge in [-0.3, -0.25) is 10.00 Å². The molecule has 0 aliphatic carbocycles. The van der Waals surface area contributed by atoms with Gasteiger partial charge in [-0.2, -0.15) is 5.10 Å². The van der Waals surface area contributed by atoms with Gasteiger partial charge in [0.2, 0.25) is 0 Å². The molecule has 1 aliphatic heterocycles. The van der Waals surface area contributed by atoms with Gasteiger partial charge in [0.05, 0.1) is 0 Å². The first-order valence-electron chi connectivity index (χ1n) is 7.02. The lowest BCUT2D eigenvalue weighted by molar-refractivity contribution is 0.206. The van der Waals surface area contributed by atoms with Crippen LogP contribution in [-0.2, 0) is 6.54 Å². The summed E-state index contributed by atoms with van der Waals surface area (Å²) < 4.78 is 12.9. The molecular formula is C15H19FN4. The second kappa shape index (κ2) is 6.05. The Labute approximate surface area is 118 Å². The van der Waals surface area contributed by atoms with E-state index < -0.39 is 0 Å². The van der Waals surface area contributed by atoms with Gasteiger partial charge in [0.15, 0.2) is 0 Å². The van der Waals surface area contributed by atoms with Crippen molar-refractivity contribution in [2.45, 2.75) is 25.4 Å².